The summed E-state index contributed by atoms with van der Waals surface area (Å²) in [6, 6.07) is 4.50. The van der Waals surface area contributed by atoms with E-state index in [0.29, 0.717) is 36.6 Å². The highest BCUT2D eigenvalue weighted by Crippen LogP contribution is 2.38. The number of allylic oxidation sites excluding steroid dienone is 3. The van der Waals surface area contributed by atoms with Crippen LogP contribution in [0, 0.1) is 18.7 Å². The molecular formula is C27H29FN6O2. The molecule has 0 N–H and O–H groups in total. The molecule has 0 radical (unpaired) electrons. The van der Waals surface area contributed by atoms with Crippen molar-refractivity contribution in [2.75, 3.05) is 18.6 Å². The Morgan fingerprint density at radius 3 is 2.81 bits per heavy atom. The van der Waals surface area contributed by atoms with Crippen molar-refractivity contribution in [1.29, 1.82) is 0 Å². The van der Waals surface area contributed by atoms with E-state index < -0.39 is 6.04 Å². The Hall–Kier alpha value is -3.75. The Kier molecular flexibility index (Phi) is 5.70. The third-order valence-corrected chi connectivity index (χ3v) is 7.35. The molecule has 1 fully saturated rings. The highest BCUT2D eigenvalue weighted by atomic mass is 19.1. The van der Waals surface area contributed by atoms with E-state index in [1.165, 1.54) is 6.07 Å². The van der Waals surface area contributed by atoms with Crippen LogP contribution in [-0.4, -0.2) is 44.1 Å². The number of ether oxygens (including phenoxy) is 1. The molecule has 0 bridgehead atoms. The number of fused-ring (bicyclic) bond motifs is 1. The van der Waals surface area contributed by atoms with Crippen molar-refractivity contribution in [2.24, 2.45) is 5.92 Å². The van der Waals surface area contributed by atoms with Crippen molar-refractivity contribution in [1.82, 2.24) is 24.5 Å². The average molecular weight is 489 g/mol. The van der Waals surface area contributed by atoms with Gasteiger partial charge in [-0.2, -0.15) is 0 Å². The summed E-state index contributed by atoms with van der Waals surface area (Å²) in [5, 5.41) is 8.81. The molecule has 9 heteroatoms. The van der Waals surface area contributed by atoms with Gasteiger partial charge in [0.1, 0.15) is 17.6 Å². The molecule has 2 atom stereocenters. The summed E-state index contributed by atoms with van der Waals surface area (Å²) in [6.07, 6.45) is 13.6. The molecule has 2 aliphatic carbocycles. The number of carbonyl (C=O) groups excluding carboxylic acids is 1. The van der Waals surface area contributed by atoms with Crippen LogP contribution in [0.15, 0.2) is 54.8 Å². The summed E-state index contributed by atoms with van der Waals surface area (Å²) in [5.41, 5.74) is 3.96. The van der Waals surface area contributed by atoms with Crippen molar-refractivity contribution < 1.29 is 13.9 Å². The predicted octanol–water partition coefficient (Wildman–Crippen LogP) is 4.41. The van der Waals surface area contributed by atoms with E-state index in [9.17, 15) is 9.18 Å². The summed E-state index contributed by atoms with van der Waals surface area (Å²) in [5.74, 6) is 0.897. The first-order valence-corrected chi connectivity index (χ1v) is 12.5. The first-order chi connectivity index (χ1) is 17.5. The monoisotopic (exact) mass is 488 g/mol. The lowest BCUT2D eigenvalue weighted by Crippen LogP contribution is -2.38. The summed E-state index contributed by atoms with van der Waals surface area (Å²) in [7, 11) is 1.65. The van der Waals surface area contributed by atoms with E-state index in [1.807, 2.05) is 36.0 Å². The van der Waals surface area contributed by atoms with Gasteiger partial charge in [-0.15, -0.1) is 5.10 Å². The molecule has 36 heavy (non-hydrogen) atoms. The van der Waals surface area contributed by atoms with E-state index in [2.05, 4.69) is 21.4 Å². The molecule has 186 valence electrons. The molecule has 8 nitrogen and oxygen atoms in total. The second-order valence-corrected chi connectivity index (χ2v) is 9.90. The first-order valence-electron chi connectivity index (χ1n) is 12.5. The minimum Gasteiger partial charge on any atom is -0.495 e. The molecule has 1 saturated carbocycles. The molecule has 6 rings (SSSR count). The van der Waals surface area contributed by atoms with Crippen LogP contribution < -0.4 is 4.90 Å². The molecular weight excluding hydrogens is 459 g/mol. The highest BCUT2D eigenvalue weighted by Gasteiger charge is 2.37. The molecule has 3 aliphatic rings. The van der Waals surface area contributed by atoms with Gasteiger partial charge in [0.15, 0.2) is 0 Å². The number of benzene rings is 1. The third-order valence-electron chi connectivity index (χ3n) is 7.35. The second kappa shape index (κ2) is 9.04. The number of amides is 1. The molecule has 0 spiro atoms. The Bertz CT molecular complexity index is 1370. The Labute approximate surface area is 209 Å². The molecule has 1 aliphatic heterocycles. The van der Waals surface area contributed by atoms with Gasteiger partial charge in [-0.1, -0.05) is 17.4 Å². The number of rotatable bonds is 6. The highest BCUT2D eigenvalue weighted by molar-refractivity contribution is 5.97. The molecule has 1 unspecified atom stereocenters. The molecule has 1 aromatic carbocycles. The number of hydrogen-bond acceptors (Lipinski definition) is 5. The van der Waals surface area contributed by atoms with Crippen LogP contribution in [0.2, 0.25) is 0 Å². The topological polar surface area (TPSA) is 78.1 Å². The van der Waals surface area contributed by atoms with Gasteiger partial charge in [0, 0.05) is 36.1 Å². The van der Waals surface area contributed by atoms with Gasteiger partial charge in [0.25, 0.3) is 5.91 Å². The molecule has 2 aromatic heterocycles. The molecule has 1 amide bonds. The second-order valence-electron chi connectivity index (χ2n) is 9.90. The lowest BCUT2D eigenvalue weighted by atomic mass is 9.95. The number of aromatic nitrogens is 5. The Balaban J connectivity index is 1.26. The first kappa shape index (κ1) is 22.7. The smallest absolute Gasteiger partial charge is 0.251 e. The Morgan fingerprint density at radius 1 is 1.19 bits per heavy atom. The largest absolute Gasteiger partial charge is 0.495 e. The number of methoxy groups -OCH3 is 1. The molecule has 3 heterocycles. The summed E-state index contributed by atoms with van der Waals surface area (Å²) < 4.78 is 24.0. The Morgan fingerprint density at radius 2 is 2.06 bits per heavy atom. The predicted molar refractivity (Wildman–Crippen MR) is 133 cm³/mol. The van der Waals surface area contributed by atoms with Gasteiger partial charge in [0.2, 0.25) is 0 Å². The van der Waals surface area contributed by atoms with Crippen molar-refractivity contribution in [3.8, 4) is 0 Å². The van der Waals surface area contributed by atoms with E-state index in [4.69, 9.17) is 4.74 Å². The SMILES string of the molecule is COC1=CC(c2cn([C@@H]3CCc4c(F)cccc4N(CC4CC4)C3=O)nn2)CC=C1n1cnc(C)c1. The maximum absolute atomic E-state index is 14.7. The summed E-state index contributed by atoms with van der Waals surface area (Å²) in [6.45, 7) is 2.57. The van der Waals surface area contributed by atoms with Crippen molar-refractivity contribution >= 4 is 17.3 Å². The quantitative estimate of drug-likeness (QED) is 0.514. The van der Waals surface area contributed by atoms with Crippen molar-refractivity contribution in [3.63, 3.8) is 0 Å². The number of hydrogen-bond donors (Lipinski definition) is 0. The number of nitrogens with zero attached hydrogens (tertiary/aromatic N) is 6. The van der Waals surface area contributed by atoms with Crippen LogP contribution >= 0.6 is 0 Å². The van der Waals surface area contributed by atoms with Crippen LogP contribution in [0.5, 0.6) is 0 Å². The fourth-order valence-corrected chi connectivity index (χ4v) is 5.20. The minimum atomic E-state index is -0.522. The molecule has 3 aromatic rings. The normalized spacial score (nSPS) is 22.1. The maximum atomic E-state index is 14.7. The fraction of sp³-hybridized carbons (Fsp3) is 0.407. The van der Waals surface area contributed by atoms with Crippen molar-refractivity contribution in [2.45, 2.75) is 51.0 Å². The van der Waals surface area contributed by atoms with Crippen molar-refractivity contribution in [3.05, 3.63) is 77.6 Å². The lowest BCUT2D eigenvalue weighted by molar-refractivity contribution is -0.122. The van der Waals surface area contributed by atoms with Crippen LogP contribution in [0.3, 0.4) is 0 Å². The maximum Gasteiger partial charge on any atom is 0.251 e. The van der Waals surface area contributed by atoms with Gasteiger partial charge < -0.3 is 14.2 Å². The zero-order valence-corrected chi connectivity index (χ0v) is 20.5. The van der Waals surface area contributed by atoms with Gasteiger partial charge in [-0.3, -0.25) is 4.79 Å². The van der Waals surface area contributed by atoms with Gasteiger partial charge in [0.05, 0.1) is 30.5 Å². The molecule has 0 saturated heterocycles. The standard InChI is InChI=1S/C27H29FN6O2/c1-17-13-32(16-29-17)24-10-8-19(12-26(24)36-2)22-15-34(31-30-22)25-11-9-20-21(28)4-3-5-23(20)33(27(25)35)14-18-6-7-18/h3-5,10,12-13,15-16,18-19,25H,6-9,11,14H2,1-2H3/t19?,25-/m1/s1. The van der Waals surface area contributed by atoms with Gasteiger partial charge >= 0.3 is 0 Å². The van der Waals surface area contributed by atoms with E-state index >= 15 is 0 Å². The van der Waals surface area contributed by atoms with Crippen LogP contribution in [-0.2, 0) is 16.0 Å². The number of aryl methyl sites for hydroxylation is 1. The lowest BCUT2D eigenvalue weighted by Gasteiger charge is -2.26. The van der Waals surface area contributed by atoms with Crippen LogP contribution in [0.4, 0.5) is 10.1 Å². The van der Waals surface area contributed by atoms with Gasteiger partial charge in [-0.05, 0) is 63.2 Å². The summed E-state index contributed by atoms with van der Waals surface area (Å²) in [4.78, 5) is 19.8. The minimum absolute atomic E-state index is 0.0276. The van der Waals surface area contributed by atoms with E-state index in [0.717, 1.165) is 42.1 Å². The van der Waals surface area contributed by atoms with Crippen LogP contribution in [0.25, 0.3) is 5.70 Å². The van der Waals surface area contributed by atoms with E-state index in [-0.39, 0.29) is 17.6 Å². The summed E-state index contributed by atoms with van der Waals surface area (Å²) >= 11 is 0. The van der Waals surface area contributed by atoms with Gasteiger partial charge in [-0.25, -0.2) is 14.1 Å². The van der Waals surface area contributed by atoms with E-state index in [1.54, 1.807) is 29.1 Å². The zero-order valence-electron chi connectivity index (χ0n) is 20.5. The zero-order chi connectivity index (χ0) is 24.8. The third kappa shape index (κ3) is 4.12. The number of halogens is 1. The number of carbonyl (C=O) groups is 1. The average Bonchev–Trinajstić information content (AvgIpc) is 3.43. The number of anilines is 1. The fourth-order valence-electron chi connectivity index (χ4n) is 5.20. The number of imidazole rings is 1. The van der Waals surface area contributed by atoms with Crippen LogP contribution in [0.1, 0.15) is 54.6 Å².